The maximum absolute atomic E-state index is 12.9. The molecule has 2 N–H and O–H groups in total. The van der Waals surface area contributed by atoms with Gasteiger partial charge in [0.25, 0.3) is 11.8 Å². The average molecular weight is 382 g/mol. The Morgan fingerprint density at radius 2 is 1.82 bits per heavy atom. The summed E-state index contributed by atoms with van der Waals surface area (Å²) in [6.45, 7) is 2.81. The fourth-order valence-electron chi connectivity index (χ4n) is 3.20. The van der Waals surface area contributed by atoms with Gasteiger partial charge in [-0.25, -0.2) is 4.79 Å². The van der Waals surface area contributed by atoms with Crippen molar-refractivity contribution >= 4 is 23.5 Å². The van der Waals surface area contributed by atoms with Crippen LogP contribution in [0, 0.1) is 6.92 Å². The third-order valence-corrected chi connectivity index (χ3v) is 4.59. The number of rotatable bonds is 6. The van der Waals surface area contributed by atoms with Crippen LogP contribution < -0.4 is 10.1 Å². The average Bonchev–Trinajstić information content (AvgIpc) is 3.21. The van der Waals surface area contributed by atoms with Crippen molar-refractivity contribution < 1.29 is 24.2 Å². The number of anilines is 1. The van der Waals surface area contributed by atoms with Crippen LogP contribution in [0.25, 0.3) is 0 Å². The normalized spacial score (nSPS) is 13.2. The van der Waals surface area contributed by atoms with E-state index in [1.807, 2.05) is 13.0 Å². The van der Waals surface area contributed by atoms with Crippen molar-refractivity contribution in [1.82, 2.24) is 4.90 Å². The molecule has 1 aliphatic rings. The number of carboxylic acids is 1. The standard InChI is InChI=1S/C21H22N2O5/c1-14-6-4-9-17(19(14)21(27)23-10-2-3-11-23)22-20(26)15-7-5-8-16(12-15)28-13-18(24)25/h4-9,12H,2-3,10-11,13H2,1H3,(H,22,26)(H,24,25). The molecular formula is C21H22N2O5. The molecule has 0 radical (unpaired) electrons. The molecule has 0 atom stereocenters. The van der Waals surface area contributed by atoms with Gasteiger partial charge in [0.1, 0.15) is 5.75 Å². The Labute approximate surface area is 162 Å². The smallest absolute Gasteiger partial charge is 0.341 e. The second-order valence-electron chi connectivity index (χ2n) is 6.66. The molecule has 2 aromatic carbocycles. The van der Waals surface area contributed by atoms with Crippen LogP contribution in [0.2, 0.25) is 0 Å². The Morgan fingerprint density at radius 1 is 1.11 bits per heavy atom. The lowest BCUT2D eigenvalue weighted by molar-refractivity contribution is -0.139. The van der Waals surface area contributed by atoms with Crippen LogP contribution in [-0.4, -0.2) is 47.5 Å². The van der Waals surface area contributed by atoms with Crippen molar-refractivity contribution in [3.8, 4) is 5.75 Å². The van der Waals surface area contributed by atoms with E-state index in [1.165, 1.54) is 6.07 Å². The molecule has 2 amide bonds. The lowest BCUT2D eigenvalue weighted by Gasteiger charge is -2.19. The summed E-state index contributed by atoms with van der Waals surface area (Å²) in [5, 5.41) is 11.5. The van der Waals surface area contributed by atoms with Crippen LogP contribution in [0.4, 0.5) is 5.69 Å². The lowest BCUT2D eigenvalue weighted by atomic mass is 10.0. The number of carbonyl (C=O) groups excluding carboxylic acids is 2. The zero-order valence-corrected chi connectivity index (χ0v) is 15.6. The first-order chi connectivity index (χ1) is 13.5. The van der Waals surface area contributed by atoms with Gasteiger partial charge in [0.05, 0.1) is 11.3 Å². The van der Waals surface area contributed by atoms with Crippen LogP contribution >= 0.6 is 0 Å². The molecular weight excluding hydrogens is 360 g/mol. The molecule has 0 unspecified atom stereocenters. The number of aryl methyl sites for hydroxylation is 1. The van der Waals surface area contributed by atoms with E-state index in [0.29, 0.717) is 16.8 Å². The number of benzene rings is 2. The first-order valence-electron chi connectivity index (χ1n) is 9.10. The number of carbonyl (C=O) groups is 3. The summed E-state index contributed by atoms with van der Waals surface area (Å²) in [4.78, 5) is 38.1. The van der Waals surface area contributed by atoms with Gasteiger partial charge in [-0.2, -0.15) is 0 Å². The van der Waals surface area contributed by atoms with E-state index in [9.17, 15) is 14.4 Å². The fourth-order valence-corrected chi connectivity index (χ4v) is 3.20. The predicted octanol–water partition coefficient (Wildman–Crippen LogP) is 2.95. The number of carboxylic acid groups (broad SMARTS) is 1. The van der Waals surface area contributed by atoms with Gasteiger partial charge in [-0.05, 0) is 49.6 Å². The monoisotopic (exact) mass is 382 g/mol. The molecule has 146 valence electrons. The van der Waals surface area contributed by atoms with Gasteiger partial charge in [0, 0.05) is 18.7 Å². The molecule has 0 aromatic heterocycles. The molecule has 1 saturated heterocycles. The third-order valence-electron chi connectivity index (χ3n) is 4.59. The zero-order valence-electron chi connectivity index (χ0n) is 15.6. The molecule has 7 nitrogen and oxygen atoms in total. The summed E-state index contributed by atoms with van der Waals surface area (Å²) in [5.41, 5.74) is 2.06. The molecule has 0 bridgehead atoms. The van der Waals surface area contributed by atoms with E-state index in [0.717, 1.165) is 31.5 Å². The van der Waals surface area contributed by atoms with Crippen molar-refractivity contribution in [3.05, 3.63) is 59.2 Å². The molecule has 0 spiro atoms. The van der Waals surface area contributed by atoms with Crippen molar-refractivity contribution in [2.45, 2.75) is 19.8 Å². The Morgan fingerprint density at radius 3 is 2.54 bits per heavy atom. The zero-order chi connectivity index (χ0) is 20.1. The van der Waals surface area contributed by atoms with Gasteiger partial charge >= 0.3 is 5.97 Å². The number of ether oxygens (including phenoxy) is 1. The number of hydrogen-bond acceptors (Lipinski definition) is 4. The van der Waals surface area contributed by atoms with Gasteiger partial charge in [0.2, 0.25) is 0 Å². The van der Waals surface area contributed by atoms with Crippen LogP contribution in [0.15, 0.2) is 42.5 Å². The van der Waals surface area contributed by atoms with Crippen LogP contribution in [-0.2, 0) is 4.79 Å². The van der Waals surface area contributed by atoms with Gasteiger partial charge in [-0.1, -0.05) is 18.2 Å². The largest absolute Gasteiger partial charge is 0.482 e. The minimum absolute atomic E-state index is 0.0792. The maximum atomic E-state index is 12.9. The minimum Gasteiger partial charge on any atom is -0.482 e. The van der Waals surface area contributed by atoms with Crippen molar-refractivity contribution in [2.24, 2.45) is 0 Å². The molecule has 0 aliphatic carbocycles. The van der Waals surface area contributed by atoms with Crippen molar-refractivity contribution in [2.75, 3.05) is 25.0 Å². The van der Waals surface area contributed by atoms with E-state index in [2.05, 4.69) is 5.32 Å². The number of amides is 2. The highest BCUT2D eigenvalue weighted by Gasteiger charge is 2.24. The highest BCUT2D eigenvalue weighted by Crippen LogP contribution is 2.24. The number of aliphatic carboxylic acids is 1. The minimum atomic E-state index is -1.10. The highest BCUT2D eigenvalue weighted by molar-refractivity contribution is 6.09. The molecule has 2 aromatic rings. The second-order valence-corrected chi connectivity index (χ2v) is 6.66. The van der Waals surface area contributed by atoms with Gasteiger partial charge in [-0.15, -0.1) is 0 Å². The summed E-state index contributed by atoms with van der Waals surface area (Å²) in [5.74, 6) is -1.29. The Bertz CT molecular complexity index is 903. The fraction of sp³-hybridized carbons (Fsp3) is 0.286. The first-order valence-corrected chi connectivity index (χ1v) is 9.10. The molecule has 1 heterocycles. The molecule has 1 aliphatic heterocycles. The third kappa shape index (κ3) is 4.49. The van der Waals surface area contributed by atoms with Crippen LogP contribution in [0.5, 0.6) is 5.75 Å². The number of hydrogen-bond donors (Lipinski definition) is 2. The summed E-state index contributed by atoms with van der Waals surface area (Å²) in [6.07, 6.45) is 1.98. The topological polar surface area (TPSA) is 95.9 Å². The summed E-state index contributed by atoms with van der Waals surface area (Å²) in [7, 11) is 0. The van der Waals surface area contributed by atoms with E-state index >= 15 is 0 Å². The van der Waals surface area contributed by atoms with Crippen LogP contribution in [0.1, 0.15) is 39.1 Å². The number of likely N-dealkylation sites (tertiary alicyclic amines) is 1. The van der Waals surface area contributed by atoms with Gasteiger partial charge in [-0.3, -0.25) is 9.59 Å². The molecule has 28 heavy (non-hydrogen) atoms. The molecule has 7 heteroatoms. The lowest BCUT2D eigenvalue weighted by Crippen LogP contribution is -2.29. The summed E-state index contributed by atoms with van der Waals surface area (Å²) >= 11 is 0. The quantitative estimate of drug-likeness (QED) is 0.801. The number of nitrogens with zero attached hydrogens (tertiary/aromatic N) is 1. The number of nitrogens with one attached hydrogen (secondary N) is 1. The van der Waals surface area contributed by atoms with E-state index in [4.69, 9.17) is 9.84 Å². The second kappa shape index (κ2) is 8.56. The van der Waals surface area contributed by atoms with E-state index in [-0.39, 0.29) is 11.7 Å². The van der Waals surface area contributed by atoms with Gasteiger partial charge in [0.15, 0.2) is 6.61 Å². The first kappa shape index (κ1) is 19.4. The summed E-state index contributed by atoms with van der Waals surface area (Å²) in [6, 6.07) is 11.6. The van der Waals surface area contributed by atoms with E-state index < -0.39 is 18.5 Å². The van der Waals surface area contributed by atoms with Crippen LogP contribution in [0.3, 0.4) is 0 Å². The summed E-state index contributed by atoms with van der Waals surface area (Å²) < 4.78 is 5.12. The Kier molecular flexibility index (Phi) is 5.93. The van der Waals surface area contributed by atoms with Crippen molar-refractivity contribution in [3.63, 3.8) is 0 Å². The molecule has 1 fully saturated rings. The Balaban J connectivity index is 1.81. The van der Waals surface area contributed by atoms with Gasteiger partial charge < -0.3 is 20.1 Å². The highest BCUT2D eigenvalue weighted by atomic mass is 16.5. The van der Waals surface area contributed by atoms with Crippen molar-refractivity contribution in [1.29, 1.82) is 0 Å². The predicted molar refractivity (Wildman–Crippen MR) is 104 cm³/mol. The maximum Gasteiger partial charge on any atom is 0.341 e. The molecule has 3 rings (SSSR count). The molecule has 0 saturated carbocycles. The Hall–Kier alpha value is -3.35. The SMILES string of the molecule is Cc1cccc(NC(=O)c2cccc(OCC(=O)O)c2)c1C(=O)N1CCCC1. The van der Waals surface area contributed by atoms with E-state index in [1.54, 1.807) is 35.2 Å².